The highest BCUT2D eigenvalue weighted by molar-refractivity contribution is 6.89. The van der Waals surface area contributed by atoms with Crippen molar-refractivity contribution in [2.24, 2.45) is 0 Å². The van der Waals surface area contributed by atoms with Crippen LogP contribution in [0, 0.1) is 0 Å². The monoisotopic (exact) mass is 438 g/mol. The molecule has 2 unspecified atom stereocenters. The molecule has 0 amide bonds. The van der Waals surface area contributed by atoms with E-state index in [1.807, 2.05) is 0 Å². The summed E-state index contributed by atoms with van der Waals surface area (Å²) in [7, 11) is 0. The lowest BCUT2D eigenvalue weighted by atomic mass is 9.26. The van der Waals surface area contributed by atoms with Crippen molar-refractivity contribution in [1.82, 2.24) is 0 Å². The van der Waals surface area contributed by atoms with E-state index in [-0.39, 0.29) is 10.7 Å². The van der Waals surface area contributed by atoms with Gasteiger partial charge in [-0.2, -0.15) is 0 Å². The lowest BCUT2D eigenvalue weighted by Crippen LogP contribution is -2.51. The Labute approximate surface area is 204 Å². The van der Waals surface area contributed by atoms with Crippen LogP contribution in [0.1, 0.15) is 56.2 Å². The van der Waals surface area contributed by atoms with Crippen molar-refractivity contribution in [3.8, 4) is 22.3 Å². The van der Waals surface area contributed by atoms with Gasteiger partial charge in [-0.1, -0.05) is 135 Å². The van der Waals surface area contributed by atoms with Crippen LogP contribution in [0.3, 0.4) is 0 Å². The Balaban J connectivity index is 1.36. The predicted molar refractivity (Wildman–Crippen MR) is 146 cm³/mol. The van der Waals surface area contributed by atoms with Gasteiger partial charge in [-0.25, -0.2) is 0 Å². The van der Waals surface area contributed by atoms with E-state index in [1.54, 1.807) is 11.0 Å². The third-order valence-corrected chi connectivity index (χ3v) is 9.74. The van der Waals surface area contributed by atoms with Crippen LogP contribution in [0.15, 0.2) is 91.0 Å². The zero-order chi connectivity index (χ0) is 22.9. The molecule has 1 saturated carbocycles. The zero-order valence-electron chi connectivity index (χ0n) is 20.3. The summed E-state index contributed by atoms with van der Waals surface area (Å²) in [6, 6.07) is 34.7. The molecule has 2 aliphatic carbocycles. The maximum atomic E-state index is 2.58. The smallest absolute Gasteiger partial charge is 0.0735 e. The Morgan fingerprint density at radius 3 is 2.24 bits per heavy atom. The fourth-order valence-corrected chi connectivity index (χ4v) is 7.76. The van der Waals surface area contributed by atoms with Crippen molar-refractivity contribution in [1.29, 1.82) is 0 Å². The van der Waals surface area contributed by atoms with Gasteiger partial charge in [0.25, 0.3) is 0 Å². The molecule has 34 heavy (non-hydrogen) atoms. The van der Waals surface area contributed by atoms with E-state index in [0.717, 1.165) is 6.42 Å². The van der Waals surface area contributed by atoms with Crippen LogP contribution in [0.4, 0.5) is 0 Å². The second kappa shape index (κ2) is 7.22. The molecule has 7 rings (SSSR count). The molecule has 166 valence electrons. The van der Waals surface area contributed by atoms with Crippen LogP contribution in [0.5, 0.6) is 0 Å². The summed E-state index contributed by atoms with van der Waals surface area (Å²) < 4.78 is 0. The normalized spacial score (nSPS) is 24.4. The molecule has 0 nitrogen and oxygen atoms in total. The minimum Gasteiger partial charge on any atom is -0.0735 e. The van der Waals surface area contributed by atoms with Gasteiger partial charge < -0.3 is 0 Å². The quantitative estimate of drug-likeness (QED) is 0.257. The number of rotatable bonds is 2. The lowest BCUT2D eigenvalue weighted by molar-refractivity contribution is 0.243. The summed E-state index contributed by atoms with van der Waals surface area (Å²) in [5.41, 5.74) is 13.4. The Kier molecular flexibility index (Phi) is 4.32. The van der Waals surface area contributed by atoms with Gasteiger partial charge >= 0.3 is 0 Å². The van der Waals surface area contributed by atoms with Gasteiger partial charge in [0.2, 0.25) is 6.71 Å². The Morgan fingerprint density at radius 2 is 1.35 bits per heavy atom. The summed E-state index contributed by atoms with van der Waals surface area (Å²) in [5, 5.41) is 0.271. The molecule has 0 spiro atoms. The highest BCUT2D eigenvalue weighted by Gasteiger charge is 2.60. The molecular weight excluding hydrogens is 407 g/mol. The van der Waals surface area contributed by atoms with Crippen molar-refractivity contribution in [3.05, 3.63) is 108 Å². The minimum absolute atomic E-state index is 0.226. The fraction of sp³-hybridized carbons (Fsp3) is 0.273. The second-order valence-corrected chi connectivity index (χ2v) is 11.3. The van der Waals surface area contributed by atoms with E-state index in [0.29, 0.717) is 6.71 Å². The molecule has 0 aromatic heterocycles. The standard InChI is InChI=1S/C33H31B/c1-32-18-8-9-19-33(32,2)34(27-11-4-3-5-12-27)31-17-15-24(22-30(31)32)23-14-16-29-26(20-23)21-25-10-6-7-13-28(25)29/h3-7,10-17,20,22H,8-9,18-19,21H2,1-2H3. The topological polar surface area (TPSA) is 0 Å². The molecule has 1 heterocycles. The average molecular weight is 438 g/mol. The van der Waals surface area contributed by atoms with Crippen molar-refractivity contribution < 1.29 is 0 Å². The van der Waals surface area contributed by atoms with Crippen LogP contribution in [0.2, 0.25) is 5.31 Å². The largest absolute Gasteiger partial charge is 0.216 e. The summed E-state index contributed by atoms with van der Waals surface area (Å²) in [6.07, 6.45) is 6.35. The van der Waals surface area contributed by atoms with Crippen LogP contribution in [0.25, 0.3) is 22.3 Å². The minimum atomic E-state index is 0.226. The van der Waals surface area contributed by atoms with Crippen LogP contribution in [-0.2, 0) is 11.8 Å². The molecule has 1 heteroatoms. The second-order valence-electron chi connectivity index (χ2n) is 11.3. The summed E-state index contributed by atoms with van der Waals surface area (Å²) in [6.45, 7) is 5.63. The highest BCUT2D eigenvalue weighted by atomic mass is 14.5. The molecule has 1 aliphatic heterocycles. The molecule has 0 saturated heterocycles. The Hall–Kier alpha value is -3.06. The Morgan fingerprint density at radius 1 is 0.647 bits per heavy atom. The van der Waals surface area contributed by atoms with Crippen LogP contribution >= 0.6 is 0 Å². The number of hydrogen-bond donors (Lipinski definition) is 0. The molecule has 2 atom stereocenters. The zero-order valence-corrected chi connectivity index (χ0v) is 20.3. The van der Waals surface area contributed by atoms with E-state index in [9.17, 15) is 0 Å². The van der Waals surface area contributed by atoms with E-state index < -0.39 is 0 Å². The van der Waals surface area contributed by atoms with E-state index in [2.05, 4.69) is 105 Å². The molecule has 3 aliphatic rings. The summed E-state index contributed by atoms with van der Waals surface area (Å²) in [5.74, 6) is 0. The van der Waals surface area contributed by atoms with E-state index in [1.165, 1.54) is 64.5 Å². The van der Waals surface area contributed by atoms with E-state index in [4.69, 9.17) is 0 Å². The van der Waals surface area contributed by atoms with Gasteiger partial charge in [-0.15, -0.1) is 0 Å². The fourth-order valence-electron chi connectivity index (χ4n) is 7.76. The highest BCUT2D eigenvalue weighted by Crippen LogP contribution is 2.62. The first-order valence-electron chi connectivity index (χ1n) is 13.0. The van der Waals surface area contributed by atoms with Gasteiger partial charge in [0.05, 0.1) is 0 Å². The molecule has 4 aromatic carbocycles. The van der Waals surface area contributed by atoms with Gasteiger partial charge in [-0.3, -0.25) is 0 Å². The average Bonchev–Trinajstić information content (AvgIpc) is 3.34. The number of hydrogen-bond acceptors (Lipinski definition) is 0. The van der Waals surface area contributed by atoms with Gasteiger partial charge in [0.15, 0.2) is 0 Å². The predicted octanol–water partition coefficient (Wildman–Crippen LogP) is 7.14. The molecule has 4 aromatic rings. The SMILES string of the molecule is CC12CCCCC1(C)c1cc(-c3ccc4c(c3)Cc3ccccc3-4)ccc1B2c1ccccc1. The third kappa shape index (κ3) is 2.67. The van der Waals surface area contributed by atoms with Crippen LogP contribution < -0.4 is 10.9 Å². The van der Waals surface area contributed by atoms with Gasteiger partial charge in [0, 0.05) is 0 Å². The van der Waals surface area contributed by atoms with E-state index >= 15 is 0 Å². The first-order chi connectivity index (χ1) is 16.6. The molecule has 0 radical (unpaired) electrons. The molecular formula is C33H31B. The maximum Gasteiger partial charge on any atom is 0.216 e. The van der Waals surface area contributed by atoms with Crippen LogP contribution in [-0.4, -0.2) is 6.71 Å². The van der Waals surface area contributed by atoms with Crippen molar-refractivity contribution in [2.45, 2.75) is 56.7 Å². The van der Waals surface area contributed by atoms with Crippen molar-refractivity contribution >= 4 is 17.6 Å². The van der Waals surface area contributed by atoms with Gasteiger partial charge in [0.1, 0.15) is 0 Å². The number of fused-ring (bicyclic) bond motifs is 6. The third-order valence-electron chi connectivity index (χ3n) is 9.74. The van der Waals surface area contributed by atoms with Crippen molar-refractivity contribution in [3.63, 3.8) is 0 Å². The molecule has 1 fully saturated rings. The molecule has 0 bridgehead atoms. The number of benzene rings is 4. The van der Waals surface area contributed by atoms with Gasteiger partial charge in [-0.05, 0) is 62.5 Å². The van der Waals surface area contributed by atoms with Crippen molar-refractivity contribution in [2.75, 3.05) is 0 Å². The Bertz CT molecular complexity index is 1420. The molecule has 0 N–H and O–H groups in total. The maximum absolute atomic E-state index is 2.58. The lowest BCUT2D eigenvalue weighted by Gasteiger charge is -2.48. The first-order valence-corrected chi connectivity index (χ1v) is 13.0. The first kappa shape index (κ1) is 20.3. The summed E-state index contributed by atoms with van der Waals surface area (Å²) in [4.78, 5) is 0. The summed E-state index contributed by atoms with van der Waals surface area (Å²) >= 11 is 0.